The van der Waals surface area contributed by atoms with Gasteiger partial charge in [-0.15, -0.1) is 11.3 Å². The molecule has 3 aromatic rings. The molecular weight excluding hydrogens is 494 g/mol. The molecule has 6 nitrogen and oxygen atoms in total. The number of carbonyl (C=O) groups is 1. The third-order valence-corrected chi connectivity index (χ3v) is 8.00. The van der Waals surface area contributed by atoms with Gasteiger partial charge in [-0.05, 0) is 59.9 Å². The number of aromatic nitrogens is 1. The van der Waals surface area contributed by atoms with Crippen molar-refractivity contribution in [3.63, 3.8) is 0 Å². The van der Waals surface area contributed by atoms with Crippen LogP contribution in [0.25, 0.3) is 0 Å². The van der Waals surface area contributed by atoms with Crippen LogP contribution in [0, 0.1) is 0 Å². The monoisotopic (exact) mass is 535 g/mol. The zero-order valence-electron chi connectivity index (χ0n) is 23.5. The van der Waals surface area contributed by atoms with Gasteiger partial charge in [0.15, 0.2) is 11.5 Å². The second-order valence-corrected chi connectivity index (χ2v) is 12.0. The Labute approximate surface area is 231 Å². The Hall–Kier alpha value is -2.90. The zero-order chi connectivity index (χ0) is 27.1. The van der Waals surface area contributed by atoms with Crippen molar-refractivity contribution in [3.05, 3.63) is 75.2 Å². The Morgan fingerprint density at radius 3 is 2.29 bits per heavy atom. The van der Waals surface area contributed by atoms with E-state index in [1.54, 1.807) is 25.6 Å². The highest BCUT2D eigenvalue weighted by atomic mass is 32.1. The number of hydrogen-bond acceptors (Lipinski definition) is 6. The van der Waals surface area contributed by atoms with Gasteiger partial charge in [0.05, 0.1) is 20.8 Å². The highest BCUT2D eigenvalue weighted by Crippen LogP contribution is 2.28. The molecule has 1 aliphatic rings. The van der Waals surface area contributed by atoms with Crippen LogP contribution >= 0.6 is 11.3 Å². The lowest BCUT2D eigenvalue weighted by Gasteiger charge is -2.25. The van der Waals surface area contributed by atoms with Gasteiger partial charge in [-0.25, -0.2) is 4.98 Å². The first-order chi connectivity index (χ1) is 18.3. The quantitative estimate of drug-likeness (QED) is 0.304. The summed E-state index contributed by atoms with van der Waals surface area (Å²) >= 11 is 1.58. The molecular formula is C31H41N3O3S. The zero-order valence-corrected chi connectivity index (χ0v) is 24.3. The van der Waals surface area contributed by atoms with Gasteiger partial charge in [0, 0.05) is 31.6 Å². The van der Waals surface area contributed by atoms with E-state index in [2.05, 4.69) is 56.0 Å². The van der Waals surface area contributed by atoms with Crippen LogP contribution in [0.3, 0.4) is 0 Å². The summed E-state index contributed by atoms with van der Waals surface area (Å²) in [7, 11) is 3.32. The second-order valence-electron chi connectivity index (χ2n) is 11.1. The molecule has 4 rings (SSSR count). The van der Waals surface area contributed by atoms with Gasteiger partial charge in [0.25, 0.3) is 5.91 Å². The topological polar surface area (TPSA) is 54.9 Å². The van der Waals surface area contributed by atoms with Gasteiger partial charge >= 0.3 is 0 Å². The molecule has 0 atom stereocenters. The van der Waals surface area contributed by atoms with Crippen molar-refractivity contribution >= 4 is 17.2 Å². The fourth-order valence-corrected chi connectivity index (χ4v) is 5.65. The molecule has 0 bridgehead atoms. The number of amides is 1. The van der Waals surface area contributed by atoms with Crippen molar-refractivity contribution in [2.75, 3.05) is 33.9 Å². The first-order valence-electron chi connectivity index (χ1n) is 13.5. The highest BCUT2D eigenvalue weighted by molar-refractivity contribution is 7.09. The number of thiazole rings is 1. The summed E-state index contributed by atoms with van der Waals surface area (Å²) in [5, 5.41) is 2.90. The molecule has 0 radical (unpaired) electrons. The lowest BCUT2D eigenvalue weighted by atomic mass is 9.87. The Morgan fingerprint density at radius 1 is 0.947 bits per heavy atom. The van der Waals surface area contributed by atoms with Crippen LogP contribution in [0.15, 0.2) is 47.8 Å². The Balaban J connectivity index is 1.48. The van der Waals surface area contributed by atoms with Gasteiger partial charge in [0.1, 0.15) is 10.7 Å². The number of hydrogen-bond donors (Lipinski definition) is 0. The molecule has 7 heteroatoms. The SMILES string of the molecule is COc1ccc(CCN(Cc2ccc(C(C)(C)C)cc2)Cc2nc(C(=O)N3CCCCC3)cs2)cc1OC. The summed E-state index contributed by atoms with van der Waals surface area (Å²) in [5.74, 6) is 1.55. The van der Waals surface area contributed by atoms with Crippen molar-refractivity contribution in [2.45, 2.75) is 65.0 Å². The maximum absolute atomic E-state index is 13.0. The van der Waals surface area contributed by atoms with Crippen LogP contribution < -0.4 is 9.47 Å². The van der Waals surface area contributed by atoms with E-state index < -0.39 is 0 Å². The highest BCUT2D eigenvalue weighted by Gasteiger charge is 2.21. The smallest absolute Gasteiger partial charge is 0.273 e. The summed E-state index contributed by atoms with van der Waals surface area (Å²) in [6.07, 6.45) is 4.24. The number of likely N-dealkylation sites (tertiary alicyclic amines) is 1. The fraction of sp³-hybridized carbons (Fsp3) is 0.484. The second kappa shape index (κ2) is 12.8. The average Bonchev–Trinajstić information content (AvgIpc) is 3.39. The Bertz CT molecular complexity index is 1190. The third kappa shape index (κ3) is 7.35. The molecule has 1 fully saturated rings. The van der Waals surface area contributed by atoms with E-state index in [9.17, 15) is 4.79 Å². The van der Waals surface area contributed by atoms with E-state index in [-0.39, 0.29) is 11.3 Å². The van der Waals surface area contributed by atoms with Crippen LogP contribution in [-0.2, 0) is 24.9 Å². The molecule has 1 amide bonds. The summed E-state index contributed by atoms with van der Waals surface area (Å²) < 4.78 is 10.9. The van der Waals surface area contributed by atoms with Crippen LogP contribution in [0.5, 0.6) is 11.5 Å². The van der Waals surface area contributed by atoms with Gasteiger partial charge in [-0.3, -0.25) is 9.69 Å². The molecule has 204 valence electrons. The minimum absolute atomic E-state index is 0.0712. The van der Waals surface area contributed by atoms with Gasteiger partial charge in [-0.1, -0.05) is 51.1 Å². The summed E-state index contributed by atoms with van der Waals surface area (Å²) in [6, 6.07) is 15.0. The molecule has 1 saturated heterocycles. The maximum Gasteiger partial charge on any atom is 0.273 e. The number of rotatable bonds is 10. The first-order valence-corrected chi connectivity index (χ1v) is 14.4. The Morgan fingerprint density at radius 2 is 1.63 bits per heavy atom. The van der Waals surface area contributed by atoms with Gasteiger partial charge < -0.3 is 14.4 Å². The first kappa shape index (κ1) is 28.1. The largest absolute Gasteiger partial charge is 0.493 e. The van der Waals surface area contributed by atoms with Crippen molar-refractivity contribution in [1.82, 2.24) is 14.8 Å². The van der Waals surface area contributed by atoms with Crippen LogP contribution in [0.1, 0.15) is 72.2 Å². The number of methoxy groups -OCH3 is 2. The minimum Gasteiger partial charge on any atom is -0.493 e. The standard InChI is InChI=1S/C31H41N3O3S/c1-31(2,3)25-12-9-24(10-13-25)20-33(18-15-23-11-14-27(36-4)28(19-23)37-5)21-29-32-26(22-38-29)30(35)34-16-7-6-8-17-34/h9-14,19,22H,6-8,15-18,20-21H2,1-5H3. The normalized spacial score (nSPS) is 14.1. The predicted molar refractivity (Wildman–Crippen MR) is 154 cm³/mol. The number of carbonyl (C=O) groups excluding carboxylic acids is 1. The molecule has 2 aromatic carbocycles. The average molecular weight is 536 g/mol. The maximum atomic E-state index is 13.0. The lowest BCUT2D eigenvalue weighted by molar-refractivity contribution is 0.0718. The Kier molecular flexibility index (Phi) is 9.44. The lowest BCUT2D eigenvalue weighted by Crippen LogP contribution is -2.35. The van der Waals surface area contributed by atoms with Crippen molar-refractivity contribution in [2.24, 2.45) is 0 Å². The van der Waals surface area contributed by atoms with Gasteiger partial charge in [0.2, 0.25) is 0 Å². The molecule has 0 aliphatic carbocycles. The molecule has 0 unspecified atom stereocenters. The number of benzene rings is 2. The van der Waals surface area contributed by atoms with Crippen molar-refractivity contribution < 1.29 is 14.3 Å². The molecule has 1 aromatic heterocycles. The minimum atomic E-state index is 0.0712. The van der Waals surface area contributed by atoms with Crippen molar-refractivity contribution in [1.29, 1.82) is 0 Å². The van der Waals surface area contributed by atoms with E-state index in [1.165, 1.54) is 23.1 Å². The fourth-order valence-electron chi connectivity index (χ4n) is 4.84. The van der Waals surface area contributed by atoms with E-state index >= 15 is 0 Å². The molecule has 1 aliphatic heterocycles. The number of ether oxygens (including phenoxy) is 2. The number of nitrogens with zero attached hydrogens (tertiary/aromatic N) is 3. The molecule has 0 saturated carbocycles. The van der Waals surface area contributed by atoms with Crippen LogP contribution in [-0.4, -0.2) is 54.5 Å². The van der Waals surface area contributed by atoms with E-state index in [1.807, 2.05) is 22.4 Å². The summed E-state index contributed by atoms with van der Waals surface area (Å²) in [6.45, 7) is 10.8. The van der Waals surface area contributed by atoms with E-state index in [0.29, 0.717) is 12.2 Å². The summed E-state index contributed by atoms with van der Waals surface area (Å²) in [5.41, 5.74) is 4.51. The molecule has 2 heterocycles. The van der Waals surface area contributed by atoms with Crippen LogP contribution in [0.4, 0.5) is 0 Å². The number of piperidine rings is 1. The van der Waals surface area contributed by atoms with Gasteiger partial charge in [-0.2, -0.15) is 0 Å². The molecule has 0 spiro atoms. The predicted octanol–water partition coefficient (Wildman–Crippen LogP) is 6.33. The van der Waals surface area contributed by atoms with Crippen molar-refractivity contribution in [3.8, 4) is 11.5 Å². The summed E-state index contributed by atoms with van der Waals surface area (Å²) in [4.78, 5) is 22.1. The van der Waals surface area contributed by atoms with Crippen LogP contribution in [0.2, 0.25) is 0 Å². The third-order valence-electron chi connectivity index (χ3n) is 7.16. The molecule has 38 heavy (non-hydrogen) atoms. The van der Waals surface area contributed by atoms with E-state index in [4.69, 9.17) is 14.5 Å². The molecule has 0 N–H and O–H groups in total. The van der Waals surface area contributed by atoms with E-state index in [0.717, 1.165) is 61.9 Å².